The molecule has 0 fully saturated rings. The van der Waals surface area contributed by atoms with Gasteiger partial charge in [0.1, 0.15) is 10.4 Å². The first-order valence-electron chi connectivity index (χ1n) is 4.56. The van der Waals surface area contributed by atoms with E-state index in [-0.39, 0.29) is 6.04 Å². The second-order valence-corrected chi connectivity index (χ2v) is 4.14. The van der Waals surface area contributed by atoms with Gasteiger partial charge < -0.3 is 15.4 Å². The first kappa shape index (κ1) is 12.2. The molecule has 0 aliphatic heterocycles. The van der Waals surface area contributed by atoms with E-state index in [0.717, 1.165) is 0 Å². The molecule has 0 spiro atoms. The molecule has 0 amide bonds. The van der Waals surface area contributed by atoms with Crippen molar-refractivity contribution >= 4 is 27.7 Å². The maximum atomic E-state index is 5.63. The largest absolute Gasteiger partial charge is 0.383 e. The van der Waals surface area contributed by atoms with Crippen molar-refractivity contribution in [1.29, 1.82) is 0 Å². The Morgan fingerprint density at radius 1 is 1.60 bits per heavy atom. The average Bonchev–Trinajstić information content (AvgIpc) is 2.15. The molecule has 1 rings (SSSR count). The Hall–Kier alpha value is -0.880. The van der Waals surface area contributed by atoms with Crippen molar-refractivity contribution in [3.8, 4) is 0 Å². The summed E-state index contributed by atoms with van der Waals surface area (Å²) in [6.07, 6.45) is 0. The maximum absolute atomic E-state index is 5.63. The minimum Gasteiger partial charge on any atom is -0.383 e. The van der Waals surface area contributed by atoms with E-state index >= 15 is 0 Å². The van der Waals surface area contributed by atoms with Gasteiger partial charge in [-0.3, -0.25) is 0 Å². The van der Waals surface area contributed by atoms with Crippen molar-refractivity contribution in [1.82, 2.24) is 9.97 Å². The molecule has 6 heteroatoms. The standard InChI is InChI=1S/C9H15BrN4O/c1-6(5-15-3)14(2)9-12-7(10)4-8(11)13-9/h4,6H,5H2,1-3H3,(H2,11,12,13). The summed E-state index contributed by atoms with van der Waals surface area (Å²) < 4.78 is 5.75. The van der Waals surface area contributed by atoms with Gasteiger partial charge in [-0.1, -0.05) is 0 Å². The number of ether oxygens (including phenoxy) is 1. The topological polar surface area (TPSA) is 64.3 Å². The number of hydrogen-bond donors (Lipinski definition) is 1. The van der Waals surface area contributed by atoms with Crippen LogP contribution < -0.4 is 10.6 Å². The molecule has 1 unspecified atom stereocenters. The van der Waals surface area contributed by atoms with Crippen LogP contribution in [-0.2, 0) is 4.74 Å². The highest BCUT2D eigenvalue weighted by atomic mass is 79.9. The third-order valence-electron chi connectivity index (χ3n) is 2.09. The molecule has 1 atom stereocenters. The number of halogens is 1. The number of anilines is 2. The maximum Gasteiger partial charge on any atom is 0.228 e. The lowest BCUT2D eigenvalue weighted by molar-refractivity contribution is 0.183. The fourth-order valence-corrected chi connectivity index (χ4v) is 1.52. The van der Waals surface area contributed by atoms with E-state index in [4.69, 9.17) is 10.5 Å². The number of likely N-dealkylation sites (N-methyl/N-ethyl adjacent to an activating group) is 1. The van der Waals surface area contributed by atoms with Crippen LogP contribution in [-0.4, -0.2) is 36.8 Å². The molecule has 5 nitrogen and oxygen atoms in total. The van der Waals surface area contributed by atoms with E-state index in [1.807, 2.05) is 18.9 Å². The predicted molar refractivity (Wildman–Crippen MR) is 63.9 cm³/mol. The Labute approximate surface area is 97.8 Å². The molecule has 0 aromatic carbocycles. The summed E-state index contributed by atoms with van der Waals surface area (Å²) in [6, 6.07) is 1.86. The van der Waals surface area contributed by atoms with Crippen LogP contribution in [0.4, 0.5) is 11.8 Å². The van der Waals surface area contributed by atoms with Crippen LogP contribution in [0, 0.1) is 0 Å². The summed E-state index contributed by atoms with van der Waals surface area (Å²) in [4.78, 5) is 10.3. The van der Waals surface area contributed by atoms with Crippen LogP contribution in [0.5, 0.6) is 0 Å². The number of nitrogen functional groups attached to an aromatic ring is 1. The summed E-state index contributed by atoms with van der Waals surface area (Å²) in [6.45, 7) is 2.65. The van der Waals surface area contributed by atoms with Crippen molar-refractivity contribution in [2.45, 2.75) is 13.0 Å². The molecule has 2 N–H and O–H groups in total. The highest BCUT2D eigenvalue weighted by Gasteiger charge is 2.13. The van der Waals surface area contributed by atoms with E-state index in [9.17, 15) is 0 Å². The molecule has 0 radical (unpaired) electrons. The molecule has 1 aromatic heterocycles. The van der Waals surface area contributed by atoms with E-state index in [1.54, 1.807) is 13.2 Å². The highest BCUT2D eigenvalue weighted by Crippen LogP contribution is 2.16. The predicted octanol–water partition coefficient (Wildman–Crippen LogP) is 1.29. The van der Waals surface area contributed by atoms with Crippen LogP contribution in [0.15, 0.2) is 10.7 Å². The lowest BCUT2D eigenvalue weighted by atomic mass is 10.3. The molecular weight excluding hydrogens is 260 g/mol. The molecule has 0 saturated carbocycles. The first-order chi connectivity index (χ1) is 7.04. The first-order valence-corrected chi connectivity index (χ1v) is 5.35. The lowest BCUT2D eigenvalue weighted by Crippen LogP contribution is -2.34. The molecular formula is C9H15BrN4O. The Morgan fingerprint density at radius 3 is 2.80 bits per heavy atom. The Kier molecular flexibility index (Phi) is 4.28. The van der Waals surface area contributed by atoms with Gasteiger partial charge in [0.15, 0.2) is 0 Å². The van der Waals surface area contributed by atoms with Crippen molar-refractivity contribution in [3.05, 3.63) is 10.7 Å². The number of methoxy groups -OCH3 is 1. The monoisotopic (exact) mass is 274 g/mol. The second kappa shape index (κ2) is 5.27. The zero-order chi connectivity index (χ0) is 11.4. The summed E-state index contributed by atoms with van der Waals surface area (Å²) in [5.41, 5.74) is 5.63. The molecule has 0 aliphatic carbocycles. The number of hydrogen-bond acceptors (Lipinski definition) is 5. The van der Waals surface area contributed by atoms with Gasteiger partial charge in [0.05, 0.1) is 12.6 Å². The van der Waals surface area contributed by atoms with Crippen molar-refractivity contribution in [3.63, 3.8) is 0 Å². The Bertz CT molecular complexity index is 314. The summed E-state index contributed by atoms with van der Waals surface area (Å²) in [5, 5.41) is 0. The van der Waals surface area contributed by atoms with Crippen LogP contribution in [0.25, 0.3) is 0 Å². The summed E-state index contributed by atoms with van der Waals surface area (Å²) >= 11 is 3.28. The van der Waals surface area contributed by atoms with E-state index in [1.165, 1.54) is 0 Å². The van der Waals surface area contributed by atoms with Gasteiger partial charge in [-0.25, -0.2) is 4.98 Å². The van der Waals surface area contributed by atoms with Gasteiger partial charge >= 0.3 is 0 Å². The molecule has 1 heterocycles. The molecule has 0 aliphatic rings. The van der Waals surface area contributed by atoms with Crippen LogP contribution in [0.2, 0.25) is 0 Å². The molecule has 0 bridgehead atoms. The number of rotatable bonds is 4. The van der Waals surface area contributed by atoms with Gasteiger partial charge in [-0.05, 0) is 22.9 Å². The van der Waals surface area contributed by atoms with Crippen molar-refractivity contribution in [2.75, 3.05) is 31.4 Å². The Balaban J connectivity index is 2.85. The van der Waals surface area contributed by atoms with Gasteiger partial charge in [0, 0.05) is 20.2 Å². The van der Waals surface area contributed by atoms with Crippen molar-refractivity contribution in [2.24, 2.45) is 0 Å². The number of aromatic nitrogens is 2. The van der Waals surface area contributed by atoms with Gasteiger partial charge in [0.2, 0.25) is 5.95 Å². The number of nitrogens with zero attached hydrogens (tertiary/aromatic N) is 3. The van der Waals surface area contributed by atoms with Crippen LogP contribution in [0.3, 0.4) is 0 Å². The molecule has 1 aromatic rings. The average molecular weight is 275 g/mol. The summed E-state index contributed by atoms with van der Waals surface area (Å²) in [7, 11) is 3.57. The highest BCUT2D eigenvalue weighted by molar-refractivity contribution is 9.10. The fourth-order valence-electron chi connectivity index (χ4n) is 1.13. The molecule has 84 valence electrons. The normalized spacial score (nSPS) is 12.5. The third-order valence-corrected chi connectivity index (χ3v) is 2.49. The zero-order valence-corrected chi connectivity index (χ0v) is 10.7. The van der Waals surface area contributed by atoms with E-state index < -0.39 is 0 Å². The van der Waals surface area contributed by atoms with E-state index in [0.29, 0.717) is 23.0 Å². The number of nitrogens with two attached hydrogens (primary N) is 1. The van der Waals surface area contributed by atoms with Gasteiger partial charge in [-0.15, -0.1) is 0 Å². The minimum atomic E-state index is 0.198. The Morgan fingerprint density at radius 2 is 2.27 bits per heavy atom. The SMILES string of the molecule is COCC(C)N(C)c1nc(N)cc(Br)n1. The second-order valence-electron chi connectivity index (χ2n) is 3.33. The van der Waals surface area contributed by atoms with Gasteiger partial charge in [-0.2, -0.15) is 4.98 Å². The van der Waals surface area contributed by atoms with Crippen LogP contribution >= 0.6 is 15.9 Å². The fraction of sp³-hybridized carbons (Fsp3) is 0.556. The molecule has 0 saturated heterocycles. The van der Waals surface area contributed by atoms with E-state index in [2.05, 4.69) is 25.9 Å². The quantitative estimate of drug-likeness (QED) is 0.839. The zero-order valence-electron chi connectivity index (χ0n) is 9.07. The van der Waals surface area contributed by atoms with Crippen LogP contribution in [0.1, 0.15) is 6.92 Å². The third kappa shape index (κ3) is 3.32. The van der Waals surface area contributed by atoms with Gasteiger partial charge in [0.25, 0.3) is 0 Å². The molecule has 15 heavy (non-hydrogen) atoms. The lowest BCUT2D eigenvalue weighted by Gasteiger charge is -2.24. The van der Waals surface area contributed by atoms with Crippen molar-refractivity contribution < 1.29 is 4.74 Å². The minimum absolute atomic E-state index is 0.198. The smallest absolute Gasteiger partial charge is 0.228 e. The summed E-state index contributed by atoms with van der Waals surface area (Å²) in [5.74, 6) is 1.04.